The zero-order chi connectivity index (χ0) is 19.9. The maximum atomic E-state index is 12.3. The summed E-state index contributed by atoms with van der Waals surface area (Å²) in [7, 11) is 0. The van der Waals surface area contributed by atoms with E-state index < -0.39 is 23.7 Å². The van der Waals surface area contributed by atoms with Crippen molar-refractivity contribution in [1.82, 2.24) is 5.32 Å². The van der Waals surface area contributed by atoms with Gasteiger partial charge in [0, 0.05) is 11.0 Å². The second-order valence-corrected chi connectivity index (χ2v) is 9.42. The first-order valence-corrected chi connectivity index (χ1v) is 10.5. The molecule has 0 heterocycles. The van der Waals surface area contributed by atoms with E-state index in [1.54, 1.807) is 39.5 Å². The summed E-state index contributed by atoms with van der Waals surface area (Å²) in [5.74, 6) is 1.21. The van der Waals surface area contributed by atoms with Crippen LogP contribution in [-0.4, -0.2) is 41.3 Å². The molecular formula is C20H35NO4S. The minimum atomic E-state index is -0.710. The molecule has 0 spiro atoms. The summed E-state index contributed by atoms with van der Waals surface area (Å²) in [5.41, 5.74) is 0.787. The van der Waals surface area contributed by atoms with E-state index in [0.29, 0.717) is 22.8 Å². The highest BCUT2D eigenvalue weighted by molar-refractivity contribution is 8.00. The van der Waals surface area contributed by atoms with Crippen LogP contribution >= 0.6 is 11.8 Å². The van der Waals surface area contributed by atoms with E-state index >= 15 is 0 Å². The van der Waals surface area contributed by atoms with Gasteiger partial charge < -0.3 is 14.8 Å². The second-order valence-electron chi connectivity index (χ2n) is 8.21. The molecule has 3 atom stereocenters. The van der Waals surface area contributed by atoms with Crippen LogP contribution in [0.4, 0.5) is 4.79 Å². The smallest absolute Gasteiger partial charge is 0.408 e. The minimum absolute atomic E-state index is 0.285. The van der Waals surface area contributed by atoms with Crippen LogP contribution < -0.4 is 5.32 Å². The summed E-state index contributed by atoms with van der Waals surface area (Å²) in [6.45, 7) is 14.1. The van der Waals surface area contributed by atoms with Gasteiger partial charge in [-0.2, -0.15) is 11.8 Å². The van der Waals surface area contributed by atoms with Crippen LogP contribution in [0.5, 0.6) is 0 Å². The molecule has 26 heavy (non-hydrogen) atoms. The number of amides is 1. The number of ether oxygens (including phenoxy) is 2. The lowest BCUT2D eigenvalue weighted by Crippen LogP contribution is -2.46. The Morgan fingerprint density at radius 1 is 1.35 bits per heavy atom. The zero-order valence-corrected chi connectivity index (χ0v) is 18.1. The molecule has 1 N–H and O–H groups in total. The molecule has 0 aliphatic heterocycles. The zero-order valence-electron chi connectivity index (χ0n) is 17.3. The van der Waals surface area contributed by atoms with Gasteiger partial charge in [-0.1, -0.05) is 25.5 Å². The van der Waals surface area contributed by atoms with Gasteiger partial charge in [-0.3, -0.25) is 0 Å². The van der Waals surface area contributed by atoms with Gasteiger partial charge in [-0.05, 0) is 59.3 Å². The fourth-order valence-corrected chi connectivity index (χ4v) is 4.66. The van der Waals surface area contributed by atoms with Gasteiger partial charge in [0.15, 0.2) is 0 Å². The Labute approximate surface area is 162 Å². The summed E-state index contributed by atoms with van der Waals surface area (Å²) in [5, 5.41) is 3.02. The molecule has 0 bridgehead atoms. The van der Waals surface area contributed by atoms with E-state index in [-0.39, 0.29) is 6.61 Å². The summed E-state index contributed by atoms with van der Waals surface area (Å²) >= 11 is 1.71. The van der Waals surface area contributed by atoms with Gasteiger partial charge in [0.1, 0.15) is 11.6 Å². The number of esters is 1. The number of carbonyl (C=O) groups is 2. The molecular weight excluding hydrogens is 350 g/mol. The number of allylic oxidation sites excluding steroid dienone is 1. The highest BCUT2D eigenvalue weighted by atomic mass is 32.2. The molecule has 5 nitrogen and oxygen atoms in total. The number of alkyl carbamates (subject to hydrolysis) is 1. The minimum Gasteiger partial charge on any atom is -0.464 e. The van der Waals surface area contributed by atoms with Crippen molar-refractivity contribution >= 4 is 23.8 Å². The second kappa shape index (κ2) is 10.2. The molecule has 0 saturated heterocycles. The summed E-state index contributed by atoms with van der Waals surface area (Å²) in [4.78, 5) is 24.4. The predicted octanol–water partition coefficient (Wildman–Crippen LogP) is 4.56. The molecule has 1 rings (SSSR count). The molecule has 1 aliphatic rings. The standard InChI is InChI=1S/C20H35NO4S/c1-8-24-18(22)16(21-19(23)25-20(5,6)7)12-26-17-11-14(4)9-10-15(17)13(2)3/h11,13,15-17H,8-10,12H2,1-7H3,(H,21,23)/t15?,16-,17?/m0/s1. The molecule has 0 radical (unpaired) electrons. The fourth-order valence-electron chi connectivity index (χ4n) is 3.00. The van der Waals surface area contributed by atoms with Gasteiger partial charge >= 0.3 is 12.1 Å². The van der Waals surface area contributed by atoms with E-state index in [0.717, 1.165) is 6.42 Å². The van der Waals surface area contributed by atoms with Crippen LogP contribution in [0, 0.1) is 11.8 Å². The molecule has 0 saturated carbocycles. The lowest BCUT2D eigenvalue weighted by atomic mass is 9.82. The monoisotopic (exact) mass is 385 g/mol. The first kappa shape index (κ1) is 22.9. The fraction of sp³-hybridized carbons (Fsp3) is 0.800. The Morgan fingerprint density at radius 2 is 2.00 bits per heavy atom. The highest BCUT2D eigenvalue weighted by Crippen LogP contribution is 2.36. The van der Waals surface area contributed by atoms with Gasteiger partial charge in [-0.15, -0.1) is 0 Å². The van der Waals surface area contributed by atoms with Crippen LogP contribution in [-0.2, 0) is 14.3 Å². The molecule has 0 fully saturated rings. The first-order chi connectivity index (χ1) is 12.0. The highest BCUT2D eigenvalue weighted by Gasteiger charge is 2.30. The molecule has 150 valence electrons. The third-order valence-corrected chi connectivity index (χ3v) is 5.71. The summed E-state index contributed by atoms with van der Waals surface area (Å²) in [6, 6.07) is -0.710. The van der Waals surface area contributed by atoms with Crippen molar-refractivity contribution in [3.63, 3.8) is 0 Å². The Balaban J connectivity index is 2.77. The molecule has 6 heteroatoms. The van der Waals surface area contributed by atoms with E-state index in [1.165, 1.54) is 12.0 Å². The largest absolute Gasteiger partial charge is 0.464 e. The molecule has 1 aliphatic carbocycles. The third kappa shape index (κ3) is 8.02. The molecule has 2 unspecified atom stereocenters. The Kier molecular flexibility index (Phi) is 9.01. The quantitative estimate of drug-likeness (QED) is 0.514. The van der Waals surface area contributed by atoms with Crippen LogP contribution in [0.2, 0.25) is 0 Å². The van der Waals surface area contributed by atoms with Crippen LogP contribution in [0.15, 0.2) is 11.6 Å². The van der Waals surface area contributed by atoms with E-state index in [4.69, 9.17) is 9.47 Å². The molecule has 1 amide bonds. The predicted molar refractivity (Wildman–Crippen MR) is 107 cm³/mol. The van der Waals surface area contributed by atoms with E-state index in [9.17, 15) is 9.59 Å². The van der Waals surface area contributed by atoms with Gasteiger partial charge in [0.05, 0.1) is 6.61 Å². The van der Waals surface area contributed by atoms with Crippen LogP contribution in [0.3, 0.4) is 0 Å². The number of thioether (sulfide) groups is 1. The molecule has 0 aromatic rings. The Hall–Kier alpha value is -1.17. The maximum absolute atomic E-state index is 12.3. The van der Waals surface area contributed by atoms with Gasteiger partial charge in [-0.25, -0.2) is 9.59 Å². The number of carbonyl (C=O) groups excluding carboxylic acids is 2. The number of nitrogens with one attached hydrogen (secondary N) is 1. The first-order valence-electron chi connectivity index (χ1n) is 9.48. The topological polar surface area (TPSA) is 64.6 Å². The Bertz CT molecular complexity index is 510. The van der Waals surface area contributed by atoms with E-state index in [2.05, 4.69) is 32.2 Å². The Morgan fingerprint density at radius 3 is 2.54 bits per heavy atom. The van der Waals surface area contributed by atoms with Crippen LogP contribution in [0.25, 0.3) is 0 Å². The van der Waals surface area contributed by atoms with Gasteiger partial charge in [0.2, 0.25) is 0 Å². The average molecular weight is 386 g/mol. The van der Waals surface area contributed by atoms with Crippen molar-refractivity contribution in [1.29, 1.82) is 0 Å². The third-order valence-electron chi connectivity index (χ3n) is 4.32. The number of rotatable bonds is 7. The average Bonchev–Trinajstić information content (AvgIpc) is 2.49. The van der Waals surface area contributed by atoms with Crippen LogP contribution in [0.1, 0.15) is 61.3 Å². The summed E-state index contributed by atoms with van der Waals surface area (Å²) < 4.78 is 10.4. The maximum Gasteiger partial charge on any atom is 0.408 e. The van der Waals surface area contributed by atoms with E-state index in [1.807, 2.05) is 0 Å². The van der Waals surface area contributed by atoms with Crippen molar-refractivity contribution in [3.8, 4) is 0 Å². The summed E-state index contributed by atoms with van der Waals surface area (Å²) in [6.07, 6.45) is 4.03. The number of hydrogen-bond acceptors (Lipinski definition) is 5. The number of hydrogen-bond donors (Lipinski definition) is 1. The van der Waals surface area contributed by atoms with Crippen molar-refractivity contribution in [2.75, 3.05) is 12.4 Å². The van der Waals surface area contributed by atoms with Crippen molar-refractivity contribution < 1.29 is 19.1 Å². The van der Waals surface area contributed by atoms with Crippen molar-refractivity contribution in [2.24, 2.45) is 11.8 Å². The molecule has 0 aromatic carbocycles. The van der Waals surface area contributed by atoms with Crippen molar-refractivity contribution in [3.05, 3.63) is 11.6 Å². The van der Waals surface area contributed by atoms with Crippen molar-refractivity contribution in [2.45, 2.75) is 78.2 Å². The SMILES string of the molecule is CCOC(=O)[C@H](CSC1C=C(C)CCC1C(C)C)NC(=O)OC(C)(C)C. The normalized spacial score (nSPS) is 21.8. The molecule has 0 aromatic heterocycles. The van der Waals surface area contributed by atoms with Gasteiger partial charge in [0.25, 0.3) is 0 Å². The lowest BCUT2D eigenvalue weighted by molar-refractivity contribution is -0.145. The lowest BCUT2D eigenvalue weighted by Gasteiger charge is -2.33.